The highest BCUT2D eigenvalue weighted by atomic mass is 16.2. The van der Waals surface area contributed by atoms with Crippen LogP contribution in [0, 0.1) is 0 Å². The maximum atomic E-state index is 12.4. The number of aryl methyl sites for hydroxylation is 2. The van der Waals surface area contributed by atoms with Crippen LogP contribution in [0.3, 0.4) is 0 Å². The Morgan fingerprint density at radius 1 is 1.43 bits per heavy atom. The molecular weight excluding hydrogens is 266 g/mol. The van der Waals surface area contributed by atoms with Gasteiger partial charge in [0.05, 0.1) is 12.2 Å². The van der Waals surface area contributed by atoms with Gasteiger partial charge in [0.1, 0.15) is 0 Å². The SMILES string of the molecule is Cn1cc(CCC(=O)N2CCCC(n3cccn3)C2)cn1. The molecule has 0 aliphatic carbocycles. The molecule has 1 amide bonds. The van der Waals surface area contributed by atoms with Crippen molar-refractivity contribution in [2.45, 2.75) is 31.7 Å². The van der Waals surface area contributed by atoms with Crippen molar-refractivity contribution in [3.05, 3.63) is 36.4 Å². The van der Waals surface area contributed by atoms with Crippen molar-refractivity contribution in [1.29, 1.82) is 0 Å². The number of carbonyl (C=O) groups excluding carboxylic acids is 1. The van der Waals surface area contributed by atoms with Crippen LogP contribution in [0.1, 0.15) is 30.9 Å². The van der Waals surface area contributed by atoms with Crippen molar-refractivity contribution in [3.8, 4) is 0 Å². The van der Waals surface area contributed by atoms with Gasteiger partial charge in [0, 0.05) is 45.1 Å². The second kappa shape index (κ2) is 6.11. The molecule has 0 bridgehead atoms. The monoisotopic (exact) mass is 287 g/mol. The van der Waals surface area contributed by atoms with Crippen molar-refractivity contribution in [2.75, 3.05) is 13.1 Å². The lowest BCUT2D eigenvalue weighted by molar-refractivity contribution is -0.132. The molecule has 112 valence electrons. The molecule has 2 aromatic rings. The molecule has 1 aliphatic heterocycles. The highest BCUT2D eigenvalue weighted by Crippen LogP contribution is 2.21. The van der Waals surface area contributed by atoms with Gasteiger partial charge in [-0.2, -0.15) is 10.2 Å². The predicted molar refractivity (Wildman–Crippen MR) is 78.6 cm³/mol. The molecule has 0 aromatic carbocycles. The van der Waals surface area contributed by atoms with Crippen molar-refractivity contribution in [3.63, 3.8) is 0 Å². The lowest BCUT2D eigenvalue weighted by atomic mass is 10.0. The topological polar surface area (TPSA) is 56.0 Å². The average Bonchev–Trinajstić information content (AvgIpc) is 3.16. The van der Waals surface area contributed by atoms with Crippen molar-refractivity contribution in [1.82, 2.24) is 24.5 Å². The second-order valence-corrected chi connectivity index (χ2v) is 5.64. The summed E-state index contributed by atoms with van der Waals surface area (Å²) in [5, 5.41) is 8.43. The Hall–Kier alpha value is -2.11. The van der Waals surface area contributed by atoms with Crippen LogP contribution < -0.4 is 0 Å². The fourth-order valence-electron chi connectivity index (χ4n) is 2.90. The predicted octanol–water partition coefficient (Wildman–Crippen LogP) is 1.41. The van der Waals surface area contributed by atoms with Gasteiger partial charge in [0.15, 0.2) is 0 Å². The fourth-order valence-corrected chi connectivity index (χ4v) is 2.90. The molecule has 1 aliphatic rings. The molecule has 0 spiro atoms. The summed E-state index contributed by atoms with van der Waals surface area (Å²) in [5.41, 5.74) is 1.12. The van der Waals surface area contributed by atoms with Crippen LogP contribution in [0.2, 0.25) is 0 Å². The van der Waals surface area contributed by atoms with Crippen LogP contribution in [0.5, 0.6) is 0 Å². The Bertz CT molecular complexity index is 589. The van der Waals surface area contributed by atoms with Gasteiger partial charge >= 0.3 is 0 Å². The van der Waals surface area contributed by atoms with Crippen LogP contribution in [0.4, 0.5) is 0 Å². The molecule has 6 nitrogen and oxygen atoms in total. The number of rotatable bonds is 4. The maximum absolute atomic E-state index is 12.4. The second-order valence-electron chi connectivity index (χ2n) is 5.64. The first-order chi connectivity index (χ1) is 10.2. The maximum Gasteiger partial charge on any atom is 0.222 e. The van der Waals surface area contributed by atoms with Crippen molar-refractivity contribution in [2.24, 2.45) is 7.05 Å². The summed E-state index contributed by atoms with van der Waals surface area (Å²) >= 11 is 0. The van der Waals surface area contributed by atoms with Crippen LogP contribution in [0.25, 0.3) is 0 Å². The van der Waals surface area contributed by atoms with E-state index in [4.69, 9.17) is 0 Å². The van der Waals surface area contributed by atoms with Gasteiger partial charge in [0.2, 0.25) is 5.91 Å². The van der Waals surface area contributed by atoms with E-state index in [0.717, 1.165) is 37.9 Å². The van der Waals surface area contributed by atoms with E-state index in [2.05, 4.69) is 10.2 Å². The summed E-state index contributed by atoms with van der Waals surface area (Å²) in [7, 11) is 1.89. The number of piperidine rings is 1. The van der Waals surface area contributed by atoms with Crippen molar-refractivity contribution < 1.29 is 4.79 Å². The van der Waals surface area contributed by atoms with Gasteiger partial charge in [-0.15, -0.1) is 0 Å². The standard InChI is InChI=1S/C15H21N5O/c1-18-11-13(10-17-18)5-6-15(21)19-8-2-4-14(12-19)20-9-3-7-16-20/h3,7,9-11,14H,2,4-6,8,12H2,1H3. The number of likely N-dealkylation sites (tertiary alicyclic amines) is 1. The van der Waals surface area contributed by atoms with E-state index in [0.29, 0.717) is 12.5 Å². The number of hydrogen-bond acceptors (Lipinski definition) is 3. The normalized spacial score (nSPS) is 18.9. The van der Waals surface area contributed by atoms with Gasteiger partial charge < -0.3 is 4.90 Å². The van der Waals surface area contributed by atoms with Gasteiger partial charge in [-0.25, -0.2) is 0 Å². The van der Waals surface area contributed by atoms with Gasteiger partial charge in [0.25, 0.3) is 0 Å². The molecule has 21 heavy (non-hydrogen) atoms. The first-order valence-corrected chi connectivity index (χ1v) is 7.47. The molecule has 1 fully saturated rings. The van der Waals surface area contributed by atoms with E-state index in [-0.39, 0.29) is 5.91 Å². The molecular formula is C15H21N5O. The zero-order chi connectivity index (χ0) is 14.7. The average molecular weight is 287 g/mol. The molecule has 3 heterocycles. The van der Waals surface area contributed by atoms with Gasteiger partial charge in [-0.05, 0) is 30.9 Å². The molecule has 1 atom stereocenters. The molecule has 2 aromatic heterocycles. The quantitative estimate of drug-likeness (QED) is 0.854. The van der Waals surface area contributed by atoms with E-state index in [1.807, 2.05) is 41.3 Å². The van der Waals surface area contributed by atoms with E-state index >= 15 is 0 Å². The smallest absolute Gasteiger partial charge is 0.222 e. The summed E-state index contributed by atoms with van der Waals surface area (Å²) in [6, 6.07) is 2.25. The molecule has 0 N–H and O–H groups in total. The lowest BCUT2D eigenvalue weighted by Gasteiger charge is -2.33. The van der Waals surface area contributed by atoms with E-state index in [1.165, 1.54) is 0 Å². The minimum Gasteiger partial charge on any atom is -0.341 e. The molecule has 0 saturated carbocycles. The Morgan fingerprint density at radius 2 is 2.33 bits per heavy atom. The Kier molecular flexibility index (Phi) is 4.03. The number of carbonyl (C=O) groups is 1. The Balaban J connectivity index is 1.54. The third-order valence-electron chi connectivity index (χ3n) is 4.03. The number of nitrogens with zero attached hydrogens (tertiary/aromatic N) is 5. The van der Waals surface area contributed by atoms with E-state index < -0.39 is 0 Å². The molecule has 0 radical (unpaired) electrons. The first kappa shape index (κ1) is 13.9. The van der Waals surface area contributed by atoms with Gasteiger partial charge in [-0.1, -0.05) is 0 Å². The lowest BCUT2D eigenvalue weighted by Crippen LogP contribution is -2.40. The first-order valence-electron chi connectivity index (χ1n) is 7.47. The Morgan fingerprint density at radius 3 is 3.05 bits per heavy atom. The highest BCUT2D eigenvalue weighted by molar-refractivity contribution is 5.76. The summed E-state index contributed by atoms with van der Waals surface area (Å²) < 4.78 is 3.75. The largest absolute Gasteiger partial charge is 0.341 e. The highest BCUT2D eigenvalue weighted by Gasteiger charge is 2.24. The minimum atomic E-state index is 0.232. The molecule has 1 unspecified atom stereocenters. The van der Waals surface area contributed by atoms with Gasteiger partial charge in [-0.3, -0.25) is 14.2 Å². The van der Waals surface area contributed by atoms with Crippen molar-refractivity contribution >= 4 is 5.91 Å². The van der Waals surface area contributed by atoms with Crippen LogP contribution in [-0.4, -0.2) is 43.5 Å². The van der Waals surface area contributed by atoms with E-state index in [9.17, 15) is 4.79 Å². The summed E-state index contributed by atoms with van der Waals surface area (Å²) in [5.74, 6) is 0.232. The molecule has 6 heteroatoms. The summed E-state index contributed by atoms with van der Waals surface area (Å²) in [6.45, 7) is 1.64. The molecule has 1 saturated heterocycles. The third kappa shape index (κ3) is 3.32. The Labute approximate surface area is 124 Å². The molecule has 3 rings (SSSR count). The number of aromatic nitrogens is 4. The number of hydrogen-bond donors (Lipinski definition) is 0. The zero-order valence-electron chi connectivity index (χ0n) is 12.4. The van der Waals surface area contributed by atoms with Crippen LogP contribution in [-0.2, 0) is 18.3 Å². The van der Waals surface area contributed by atoms with Crippen LogP contribution >= 0.6 is 0 Å². The minimum absolute atomic E-state index is 0.232. The zero-order valence-corrected chi connectivity index (χ0v) is 12.4. The van der Waals surface area contributed by atoms with E-state index in [1.54, 1.807) is 10.9 Å². The van der Waals surface area contributed by atoms with Crippen LogP contribution in [0.15, 0.2) is 30.9 Å². The third-order valence-corrected chi connectivity index (χ3v) is 4.03. The fraction of sp³-hybridized carbons (Fsp3) is 0.533. The summed E-state index contributed by atoms with van der Waals surface area (Å²) in [4.78, 5) is 14.3. The number of amides is 1. The summed E-state index contributed by atoms with van der Waals surface area (Å²) in [6.07, 6.45) is 11.0.